The van der Waals surface area contributed by atoms with Gasteiger partial charge in [-0.3, -0.25) is 0 Å². The van der Waals surface area contributed by atoms with Gasteiger partial charge in [0.25, 0.3) is 0 Å². The fourth-order valence-corrected chi connectivity index (χ4v) is 2.85. The molecule has 0 aromatic heterocycles. The maximum atomic E-state index is 12.4. The van der Waals surface area contributed by atoms with E-state index in [1.807, 2.05) is 0 Å². The Hall–Kier alpha value is -0.710. The molecule has 0 spiro atoms. The predicted molar refractivity (Wildman–Crippen MR) is 70.2 cm³/mol. The van der Waals surface area contributed by atoms with Gasteiger partial charge in [0, 0.05) is 24.1 Å². The molecular weight excluding hydrogens is 307 g/mol. The molecule has 0 aliphatic carbocycles. The second-order valence-corrected chi connectivity index (χ2v) is 5.28. The van der Waals surface area contributed by atoms with Gasteiger partial charge in [0.2, 0.25) is 0 Å². The molecule has 1 aromatic carbocycles. The Morgan fingerprint density at radius 3 is 2.11 bits per heavy atom. The van der Waals surface area contributed by atoms with Crippen molar-refractivity contribution in [2.75, 3.05) is 23.3 Å². The summed E-state index contributed by atoms with van der Waals surface area (Å²) in [5, 5.41) is 1.01. The van der Waals surface area contributed by atoms with Crippen molar-refractivity contribution in [2.45, 2.75) is 19.0 Å². The van der Waals surface area contributed by atoms with Crippen molar-refractivity contribution in [1.29, 1.82) is 0 Å². The second-order valence-electron chi connectivity index (χ2n) is 4.63. The van der Waals surface area contributed by atoms with E-state index >= 15 is 0 Å². The van der Waals surface area contributed by atoms with Crippen LogP contribution in [0.5, 0.6) is 0 Å². The first kappa shape index (κ1) is 13.7. The number of halogens is 4. The zero-order valence-corrected chi connectivity index (χ0v) is 11.5. The summed E-state index contributed by atoms with van der Waals surface area (Å²) in [5.74, 6) is 0.690. The molecule has 100 valence electrons. The van der Waals surface area contributed by atoms with Gasteiger partial charge in [0.05, 0.1) is 5.56 Å². The van der Waals surface area contributed by atoms with E-state index in [-0.39, 0.29) is 0 Å². The summed E-state index contributed by atoms with van der Waals surface area (Å²) in [7, 11) is 0. The molecule has 2 rings (SSSR count). The summed E-state index contributed by atoms with van der Waals surface area (Å²) in [6, 6.07) is 5.45. The normalized spacial score (nSPS) is 18.1. The van der Waals surface area contributed by atoms with Crippen LogP contribution in [-0.2, 0) is 6.18 Å². The van der Waals surface area contributed by atoms with Gasteiger partial charge in [-0.05, 0) is 43.0 Å². The smallest absolute Gasteiger partial charge is 0.372 e. The highest BCUT2D eigenvalue weighted by molar-refractivity contribution is 9.09. The van der Waals surface area contributed by atoms with Crippen LogP contribution in [-0.4, -0.2) is 18.4 Å². The molecule has 5 heteroatoms. The standard InChI is InChI=1S/C13H15BrF3N/c14-9-10-5-7-18(8-6-10)12-3-1-11(2-4-12)13(15,16)17/h1-4,10H,5-9H2. The van der Waals surface area contributed by atoms with Crippen molar-refractivity contribution in [3.05, 3.63) is 29.8 Å². The lowest BCUT2D eigenvalue weighted by atomic mass is 9.98. The highest BCUT2D eigenvalue weighted by Gasteiger charge is 2.30. The molecule has 1 nitrogen and oxygen atoms in total. The lowest BCUT2D eigenvalue weighted by Gasteiger charge is -2.33. The Morgan fingerprint density at radius 1 is 1.11 bits per heavy atom. The monoisotopic (exact) mass is 321 g/mol. The van der Waals surface area contributed by atoms with E-state index in [4.69, 9.17) is 0 Å². The number of nitrogens with zero attached hydrogens (tertiary/aromatic N) is 1. The molecule has 1 aliphatic rings. The van der Waals surface area contributed by atoms with Crippen LogP contribution in [0.4, 0.5) is 18.9 Å². The summed E-state index contributed by atoms with van der Waals surface area (Å²) in [6.45, 7) is 1.84. The van der Waals surface area contributed by atoms with Gasteiger partial charge in [0.1, 0.15) is 0 Å². The molecule has 0 N–H and O–H groups in total. The second kappa shape index (κ2) is 5.51. The van der Waals surface area contributed by atoms with Crippen molar-refractivity contribution in [1.82, 2.24) is 0 Å². The number of hydrogen-bond acceptors (Lipinski definition) is 1. The lowest BCUT2D eigenvalue weighted by molar-refractivity contribution is -0.137. The highest BCUT2D eigenvalue weighted by atomic mass is 79.9. The first-order chi connectivity index (χ1) is 8.50. The van der Waals surface area contributed by atoms with Crippen LogP contribution in [0.25, 0.3) is 0 Å². The molecule has 0 atom stereocenters. The van der Waals surface area contributed by atoms with Crippen molar-refractivity contribution in [2.24, 2.45) is 5.92 Å². The highest BCUT2D eigenvalue weighted by Crippen LogP contribution is 2.31. The quantitative estimate of drug-likeness (QED) is 0.733. The van der Waals surface area contributed by atoms with E-state index in [1.165, 1.54) is 0 Å². The summed E-state index contributed by atoms with van der Waals surface area (Å²) in [6.07, 6.45) is -2.07. The van der Waals surface area contributed by atoms with Gasteiger partial charge in [-0.1, -0.05) is 15.9 Å². The molecule has 1 aromatic rings. The van der Waals surface area contributed by atoms with Crippen LogP contribution in [0.15, 0.2) is 24.3 Å². The molecule has 1 heterocycles. The molecule has 0 radical (unpaired) electrons. The number of alkyl halides is 4. The van der Waals surface area contributed by atoms with E-state index in [0.29, 0.717) is 5.92 Å². The predicted octanol–water partition coefficient (Wildman–Crippen LogP) is 4.32. The van der Waals surface area contributed by atoms with E-state index in [1.54, 1.807) is 12.1 Å². The van der Waals surface area contributed by atoms with E-state index in [9.17, 15) is 13.2 Å². The molecule has 1 saturated heterocycles. The molecule has 0 amide bonds. The molecular formula is C13H15BrF3N. The Kier molecular flexibility index (Phi) is 4.20. The lowest BCUT2D eigenvalue weighted by Crippen LogP contribution is -2.34. The number of piperidine rings is 1. The topological polar surface area (TPSA) is 3.24 Å². The molecule has 0 bridgehead atoms. The Bertz CT molecular complexity index is 380. The zero-order valence-electron chi connectivity index (χ0n) is 9.88. The third-order valence-corrected chi connectivity index (χ3v) is 4.31. The SMILES string of the molecule is FC(F)(F)c1ccc(N2CCC(CBr)CC2)cc1. The van der Waals surface area contributed by atoms with Gasteiger partial charge >= 0.3 is 6.18 Å². The largest absolute Gasteiger partial charge is 0.416 e. The summed E-state index contributed by atoms with van der Waals surface area (Å²) >= 11 is 3.47. The summed E-state index contributed by atoms with van der Waals surface area (Å²) < 4.78 is 37.3. The molecule has 0 saturated carbocycles. The Morgan fingerprint density at radius 2 is 1.67 bits per heavy atom. The van der Waals surface area contributed by atoms with E-state index < -0.39 is 11.7 Å². The third kappa shape index (κ3) is 3.19. The average Bonchev–Trinajstić information content (AvgIpc) is 2.38. The minimum absolute atomic E-state index is 0.582. The Labute approximate surface area is 113 Å². The maximum Gasteiger partial charge on any atom is 0.416 e. The molecule has 1 fully saturated rings. The first-order valence-corrected chi connectivity index (χ1v) is 7.11. The minimum atomic E-state index is -4.25. The first-order valence-electron chi connectivity index (χ1n) is 5.99. The van der Waals surface area contributed by atoms with Crippen molar-refractivity contribution < 1.29 is 13.2 Å². The number of rotatable bonds is 2. The van der Waals surface area contributed by atoms with Crippen molar-refractivity contribution in [3.8, 4) is 0 Å². The van der Waals surface area contributed by atoms with Gasteiger partial charge < -0.3 is 4.90 Å². The van der Waals surface area contributed by atoms with Crippen LogP contribution in [0.2, 0.25) is 0 Å². The Balaban J connectivity index is 2.02. The van der Waals surface area contributed by atoms with Crippen LogP contribution < -0.4 is 4.90 Å². The van der Waals surface area contributed by atoms with E-state index in [0.717, 1.165) is 49.1 Å². The van der Waals surface area contributed by atoms with Gasteiger partial charge in [0.15, 0.2) is 0 Å². The van der Waals surface area contributed by atoms with Crippen molar-refractivity contribution in [3.63, 3.8) is 0 Å². The van der Waals surface area contributed by atoms with Gasteiger partial charge in [-0.15, -0.1) is 0 Å². The van der Waals surface area contributed by atoms with Crippen LogP contribution in [0.1, 0.15) is 18.4 Å². The van der Waals surface area contributed by atoms with Crippen LogP contribution in [0.3, 0.4) is 0 Å². The third-order valence-electron chi connectivity index (χ3n) is 3.39. The number of hydrogen-bond donors (Lipinski definition) is 0. The molecule has 1 aliphatic heterocycles. The number of benzene rings is 1. The van der Waals surface area contributed by atoms with Gasteiger partial charge in [-0.2, -0.15) is 13.2 Å². The molecule has 18 heavy (non-hydrogen) atoms. The van der Waals surface area contributed by atoms with Crippen LogP contribution in [0, 0.1) is 5.92 Å². The van der Waals surface area contributed by atoms with Gasteiger partial charge in [-0.25, -0.2) is 0 Å². The minimum Gasteiger partial charge on any atom is -0.372 e. The summed E-state index contributed by atoms with van der Waals surface area (Å²) in [5.41, 5.74) is 0.303. The van der Waals surface area contributed by atoms with E-state index in [2.05, 4.69) is 20.8 Å². The fourth-order valence-electron chi connectivity index (χ4n) is 2.21. The number of anilines is 1. The van der Waals surface area contributed by atoms with Crippen molar-refractivity contribution >= 4 is 21.6 Å². The van der Waals surface area contributed by atoms with Crippen LogP contribution >= 0.6 is 15.9 Å². The summed E-state index contributed by atoms with van der Waals surface area (Å²) in [4.78, 5) is 2.15. The molecule has 0 unspecified atom stereocenters. The maximum absolute atomic E-state index is 12.4. The fraction of sp³-hybridized carbons (Fsp3) is 0.538. The average molecular weight is 322 g/mol. The zero-order chi connectivity index (χ0) is 13.2.